The fraction of sp³-hybridized carbons (Fsp3) is 0.286. The highest BCUT2D eigenvalue weighted by Crippen LogP contribution is 2.31. The van der Waals surface area contributed by atoms with E-state index in [1.54, 1.807) is 13.2 Å². The average Bonchev–Trinajstić information content (AvgIpc) is 2.63. The molecule has 2 aromatic carbocycles. The summed E-state index contributed by atoms with van der Waals surface area (Å²) < 4.78 is 5.44. The number of carboxylic acid groups (broad SMARTS) is 1. The highest BCUT2D eigenvalue weighted by molar-refractivity contribution is 5.85. The lowest BCUT2D eigenvalue weighted by atomic mass is 10.0. The Kier molecular flexibility index (Phi) is 7.08. The minimum atomic E-state index is -0.951. The molecule has 132 valence electrons. The summed E-state index contributed by atoms with van der Waals surface area (Å²) in [7, 11) is 1.67. The number of aliphatic carboxylic acids is 1. The second kappa shape index (κ2) is 9.52. The second-order valence-electron chi connectivity index (χ2n) is 5.85. The van der Waals surface area contributed by atoms with Gasteiger partial charge in [0.2, 0.25) is 0 Å². The van der Waals surface area contributed by atoms with E-state index in [0.717, 1.165) is 47.2 Å². The summed E-state index contributed by atoms with van der Waals surface area (Å²) in [5, 5.41) is 12.2. The average molecular weight is 339 g/mol. The molecule has 0 radical (unpaired) electrons. The Morgan fingerprint density at radius 3 is 2.68 bits per heavy atom. The van der Waals surface area contributed by atoms with Gasteiger partial charge < -0.3 is 15.2 Å². The van der Waals surface area contributed by atoms with Gasteiger partial charge in [-0.05, 0) is 47.4 Å². The summed E-state index contributed by atoms with van der Waals surface area (Å²) in [5.74, 6) is -0.129. The molecule has 0 fully saturated rings. The van der Waals surface area contributed by atoms with Crippen LogP contribution in [0.15, 0.2) is 48.5 Å². The van der Waals surface area contributed by atoms with Crippen LogP contribution < -0.4 is 10.1 Å². The van der Waals surface area contributed by atoms with E-state index in [1.165, 1.54) is 12.8 Å². The number of methoxy groups -OCH3 is 1. The van der Waals surface area contributed by atoms with Crippen LogP contribution in [0, 0.1) is 0 Å². The summed E-state index contributed by atoms with van der Waals surface area (Å²) in [4.78, 5) is 10.7. The Morgan fingerprint density at radius 2 is 1.96 bits per heavy atom. The van der Waals surface area contributed by atoms with Crippen LogP contribution in [0.3, 0.4) is 0 Å². The zero-order valence-corrected chi connectivity index (χ0v) is 14.8. The van der Waals surface area contributed by atoms with Crippen molar-refractivity contribution in [3.8, 4) is 16.9 Å². The number of benzene rings is 2. The number of hydrogen-bond acceptors (Lipinski definition) is 3. The third-order valence-electron chi connectivity index (χ3n) is 3.93. The summed E-state index contributed by atoms with van der Waals surface area (Å²) in [6.45, 7) is 3.10. The first-order valence-electron chi connectivity index (χ1n) is 8.57. The van der Waals surface area contributed by atoms with Crippen molar-refractivity contribution >= 4 is 17.7 Å². The van der Waals surface area contributed by atoms with Crippen molar-refractivity contribution in [2.75, 3.05) is 19.0 Å². The van der Waals surface area contributed by atoms with Gasteiger partial charge in [-0.2, -0.15) is 0 Å². The number of carboxylic acids is 1. The molecule has 0 saturated carbocycles. The van der Waals surface area contributed by atoms with Gasteiger partial charge in [0.25, 0.3) is 0 Å². The summed E-state index contributed by atoms with van der Waals surface area (Å²) in [6.07, 6.45) is 6.26. The molecule has 0 aliphatic heterocycles. The van der Waals surface area contributed by atoms with Crippen molar-refractivity contribution in [3.05, 3.63) is 54.1 Å². The van der Waals surface area contributed by atoms with Gasteiger partial charge in [-0.1, -0.05) is 44.0 Å². The Labute approximate surface area is 149 Å². The van der Waals surface area contributed by atoms with Crippen molar-refractivity contribution < 1.29 is 14.6 Å². The molecule has 2 aromatic rings. The molecular weight excluding hydrogens is 314 g/mol. The smallest absolute Gasteiger partial charge is 0.328 e. The van der Waals surface area contributed by atoms with Crippen LogP contribution in [0.2, 0.25) is 0 Å². The van der Waals surface area contributed by atoms with Gasteiger partial charge in [-0.15, -0.1) is 0 Å². The molecule has 0 spiro atoms. The highest BCUT2D eigenvalue weighted by Gasteiger charge is 2.06. The van der Waals surface area contributed by atoms with E-state index in [1.807, 2.05) is 36.4 Å². The van der Waals surface area contributed by atoms with E-state index in [0.29, 0.717) is 0 Å². The Balaban J connectivity index is 2.23. The zero-order valence-electron chi connectivity index (χ0n) is 14.8. The maximum atomic E-state index is 10.7. The first-order chi connectivity index (χ1) is 12.1. The third kappa shape index (κ3) is 5.68. The lowest BCUT2D eigenvalue weighted by molar-refractivity contribution is -0.131. The molecule has 2 N–H and O–H groups in total. The molecule has 0 aromatic heterocycles. The Hall–Kier alpha value is -2.75. The number of anilines is 1. The molecule has 0 saturated heterocycles. The number of rotatable bonds is 9. The summed E-state index contributed by atoms with van der Waals surface area (Å²) in [6, 6.07) is 13.8. The number of carbonyl (C=O) groups is 1. The molecule has 0 aliphatic rings. The number of ether oxygens (including phenoxy) is 1. The van der Waals surface area contributed by atoms with Crippen molar-refractivity contribution in [2.45, 2.75) is 26.2 Å². The predicted octanol–water partition coefficient (Wildman–Crippen LogP) is 5.06. The summed E-state index contributed by atoms with van der Waals surface area (Å²) >= 11 is 0. The van der Waals surface area contributed by atoms with Crippen molar-refractivity contribution in [1.82, 2.24) is 0 Å². The molecule has 0 heterocycles. The zero-order chi connectivity index (χ0) is 18.1. The largest absolute Gasteiger partial charge is 0.495 e. The van der Waals surface area contributed by atoms with Crippen LogP contribution in [0.4, 0.5) is 5.69 Å². The van der Waals surface area contributed by atoms with Crippen LogP contribution in [-0.4, -0.2) is 24.7 Å². The van der Waals surface area contributed by atoms with Crippen LogP contribution in [0.5, 0.6) is 5.75 Å². The van der Waals surface area contributed by atoms with E-state index in [4.69, 9.17) is 9.84 Å². The summed E-state index contributed by atoms with van der Waals surface area (Å²) in [5.41, 5.74) is 3.92. The minimum Gasteiger partial charge on any atom is -0.495 e. The van der Waals surface area contributed by atoms with Gasteiger partial charge in [-0.3, -0.25) is 0 Å². The Bertz CT molecular complexity index is 738. The van der Waals surface area contributed by atoms with E-state index in [9.17, 15) is 4.79 Å². The molecular formula is C21H25NO3. The number of unbranched alkanes of at least 4 members (excludes halogenated alkanes) is 2. The molecule has 0 amide bonds. The maximum Gasteiger partial charge on any atom is 0.328 e. The fourth-order valence-corrected chi connectivity index (χ4v) is 2.61. The van der Waals surface area contributed by atoms with Crippen LogP contribution in [0.25, 0.3) is 17.2 Å². The fourth-order valence-electron chi connectivity index (χ4n) is 2.61. The standard InChI is InChI=1S/C21H25NO3/c1-3-4-5-13-22-19-15-18(10-11-20(19)25-2)17-8-6-7-16(14-17)9-12-21(23)24/h6-12,14-15,22H,3-5,13H2,1-2H3,(H,23,24)/b12-9+. The van der Waals surface area contributed by atoms with Gasteiger partial charge in [0.1, 0.15) is 5.75 Å². The van der Waals surface area contributed by atoms with Gasteiger partial charge in [0.05, 0.1) is 12.8 Å². The van der Waals surface area contributed by atoms with Crippen LogP contribution in [0.1, 0.15) is 31.7 Å². The third-order valence-corrected chi connectivity index (χ3v) is 3.93. The molecule has 0 aliphatic carbocycles. The predicted molar refractivity (Wildman–Crippen MR) is 103 cm³/mol. The lowest BCUT2D eigenvalue weighted by Gasteiger charge is -2.13. The molecule has 25 heavy (non-hydrogen) atoms. The van der Waals surface area contributed by atoms with E-state index in [-0.39, 0.29) is 0 Å². The SMILES string of the molecule is CCCCCNc1cc(-c2cccc(/C=C/C(=O)O)c2)ccc1OC. The monoisotopic (exact) mass is 339 g/mol. The maximum absolute atomic E-state index is 10.7. The van der Waals surface area contributed by atoms with Gasteiger partial charge >= 0.3 is 5.97 Å². The topological polar surface area (TPSA) is 58.6 Å². The van der Waals surface area contributed by atoms with Gasteiger partial charge in [0, 0.05) is 12.6 Å². The lowest BCUT2D eigenvalue weighted by Crippen LogP contribution is -2.03. The van der Waals surface area contributed by atoms with Crippen LogP contribution >= 0.6 is 0 Å². The van der Waals surface area contributed by atoms with E-state index >= 15 is 0 Å². The first kappa shape index (κ1) is 18.6. The van der Waals surface area contributed by atoms with Gasteiger partial charge in [-0.25, -0.2) is 4.79 Å². The normalized spacial score (nSPS) is 10.8. The quantitative estimate of drug-likeness (QED) is 0.495. The second-order valence-corrected chi connectivity index (χ2v) is 5.85. The molecule has 0 unspecified atom stereocenters. The molecule has 2 rings (SSSR count). The molecule has 0 bridgehead atoms. The van der Waals surface area contributed by atoms with Crippen molar-refractivity contribution in [1.29, 1.82) is 0 Å². The number of nitrogens with one attached hydrogen (secondary N) is 1. The minimum absolute atomic E-state index is 0.821. The molecule has 4 heteroatoms. The van der Waals surface area contributed by atoms with Crippen LogP contribution in [-0.2, 0) is 4.79 Å². The first-order valence-corrected chi connectivity index (χ1v) is 8.57. The Morgan fingerprint density at radius 1 is 1.16 bits per heavy atom. The van der Waals surface area contributed by atoms with Gasteiger partial charge in [0.15, 0.2) is 0 Å². The van der Waals surface area contributed by atoms with E-state index in [2.05, 4.69) is 18.3 Å². The van der Waals surface area contributed by atoms with Crippen molar-refractivity contribution in [3.63, 3.8) is 0 Å². The molecule has 0 atom stereocenters. The van der Waals surface area contributed by atoms with Crippen molar-refractivity contribution in [2.24, 2.45) is 0 Å². The van der Waals surface area contributed by atoms with E-state index < -0.39 is 5.97 Å². The number of hydrogen-bond donors (Lipinski definition) is 2. The molecule has 4 nitrogen and oxygen atoms in total. The highest BCUT2D eigenvalue weighted by atomic mass is 16.5.